The lowest BCUT2D eigenvalue weighted by Crippen LogP contribution is -2.41. The first kappa shape index (κ1) is 23.3. The van der Waals surface area contributed by atoms with E-state index in [9.17, 15) is 14.4 Å². The van der Waals surface area contributed by atoms with Gasteiger partial charge in [-0.25, -0.2) is 14.6 Å². The second-order valence-electron chi connectivity index (χ2n) is 8.30. The van der Waals surface area contributed by atoms with E-state index in [0.717, 1.165) is 10.1 Å². The normalized spacial score (nSPS) is 11.4. The smallest absolute Gasteiger partial charge is 0.336 e. The molecule has 5 rings (SSSR count). The minimum absolute atomic E-state index is 0.119. The summed E-state index contributed by atoms with van der Waals surface area (Å²) < 4.78 is 20.0. The molecule has 36 heavy (non-hydrogen) atoms. The van der Waals surface area contributed by atoms with Crippen LogP contribution in [0.4, 0.5) is 0 Å². The fourth-order valence-corrected chi connectivity index (χ4v) is 4.28. The van der Waals surface area contributed by atoms with Crippen LogP contribution < -0.4 is 21.6 Å². The van der Waals surface area contributed by atoms with Crippen LogP contribution in [0.2, 0.25) is 0 Å². The zero-order valence-electron chi connectivity index (χ0n) is 19.8. The van der Waals surface area contributed by atoms with E-state index < -0.39 is 16.9 Å². The molecule has 10 nitrogen and oxygen atoms in total. The molecule has 0 saturated carbocycles. The second-order valence-corrected chi connectivity index (χ2v) is 8.30. The van der Waals surface area contributed by atoms with Gasteiger partial charge in [0.1, 0.15) is 11.3 Å². The van der Waals surface area contributed by atoms with Gasteiger partial charge < -0.3 is 18.5 Å². The lowest BCUT2D eigenvalue weighted by molar-refractivity contribution is 0.188. The van der Waals surface area contributed by atoms with Crippen LogP contribution in [-0.4, -0.2) is 39.5 Å². The minimum Gasteiger partial charge on any atom is -0.497 e. The molecule has 0 aliphatic rings. The zero-order valence-corrected chi connectivity index (χ0v) is 19.8. The predicted molar refractivity (Wildman–Crippen MR) is 134 cm³/mol. The van der Waals surface area contributed by atoms with E-state index in [1.54, 1.807) is 29.9 Å². The predicted octanol–water partition coefficient (Wildman–Crippen LogP) is 2.22. The Kier molecular flexibility index (Phi) is 6.26. The lowest BCUT2D eigenvalue weighted by atomic mass is 10.1. The molecule has 0 unspecified atom stereocenters. The van der Waals surface area contributed by atoms with Crippen LogP contribution in [0.1, 0.15) is 11.1 Å². The summed E-state index contributed by atoms with van der Waals surface area (Å²) in [6, 6.07) is 15.8. The molecule has 0 atom stereocenters. The van der Waals surface area contributed by atoms with E-state index in [2.05, 4.69) is 4.98 Å². The van der Waals surface area contributed by atoms with Crippen LogP contribution >= 0.6 is 0 Å². The molecule has 0 bridgehead atoms. The van der Waals surface area contributed by atoms with Gasteiger partial charge in [-0.05, 0) is 23.3 Å². The largest absolute Gasteiger partial charge is 0.497 e. The number of aromatic nitrogens is 4. The molecule has 3 aromatic heterocycles. The number of ether oxygens (including phenoxy) is 2. The maximum absolute atomic E-state index is 13.7. The molecule has 0 N–H and O–H groups in total. The van der Waals surface area contributed by atoms with Crippen LogP contribution in [0.25, 0.3) is 22.1 Å². The quantitative estimate of drug-likeness (QED) is 0.308. The van der Waals surface area contributed by atoms with Gasteiger partial charge in [0.2, 0.25) is 0 Å². The number of fused-ring (bicyclic) bond motifs is 2. The molecule has 0 fully saturated rings. The highest BCUT2D eigenvalue weighted by Crippen LogP contribution is 2.23. The van der Waals surface area contributed by atoms with Crippen LogP contribution in [0.15, 0.2) is 79.7 Å². The molecule has 0 spiro atoms. The number of imidazole rings is 1. The third-order valence-electron chi connectivity index (χ3n) is 6.07. The van der Waals surface area contributed by atoms with E-state index in [1.165, 1.54) is 24.1 Å². The third kappa shape index (κ3) is 4.22. The summed E-state index contributed by atoms with van der Waals surface area (Å²) >= 11 is 0. The number of rotatable bonds is 8. The van der Waals surface area contributed by atoms with Crippen LogP contribution in [0, 0.1) is 0 Å². The van der Waals surface area contributed by atoms with Gasteiger partial charge in [-0.15, -0.1) is 0 Å². The topological polar surface area (TPSA) is 110 Å². The van der Waals surface area contributed by atoms with E-state index in [4.69, 9.17) is 13.9 Å². The van der Waals surface area contributed by atoms with Crippen molar-refractivity contribution in [3.05, 3.63) is 103 Å². The van der Waals surface area contributed by atoms with Crippen LogP contribution in [-0.2, 0) is 24.4 Å². The zero-order chi connectivity index (χ0) is 25.2. The van der Waals surface area contributed by atoms with Crippen molar-refractivity contribution >= 4 is 22.1 Å². The van der Waals surface area contributed by atoms with Crippen molar-refractivity contribution in [2.45, 2.75) is 19.6 Å². The molecule has 0 saturated heterocycles. The Morgan fingerprint density at radius 1 is 0.944 bits per heavy atom. The van der Waals surface area contributed by atoms with Crippen molar-refractivity contribution in [2.24, 2.45) is 0 Å². The number of methoxy groups -OCH3 is 2. The minimum atomic E-state index is -0.588. The third-order valence-corrected chi connectivity index (χ3v) is 6.07. The van der Waals surface area contributed by atoms with Gasteiger partial charge in [-0.3, -0.25) is 13.9 Å². The van der Waals surface area contributed by atoms with Crippen molar-refractivity contribution in [3.8, 4) is 5.75 Å². The molecule has 184 valence electrons. The first-order valence-electron chi connectivity index (χ1n) is 11.3. The number of hydrogen-bond acceptors (Lipinski definition) is 7. The van der Waals surface area contributed by atoms with E-state index >= 15 is 0 Å². The summed E-state index contributed by atoms with van der Waals surface area (Å²) in [5, 5.41) is 0.601. The molecule has 3 heterocycles. The Bertz CT molecular complexity index is 1730. The lowest BCUT2D eigenvalue weighted by Gasteiger charge is -2.14. The average Bonchev–Trinajstić information content (AvgIpc) is 3.31. The van der Waals surface area contributed by atoms with Crippen molar-refractivity contribution < 1.29 is 13.9 Å². The molecule has 0 aliphatic carbocycles. The average molecular weight is 489 g/mol. The molecule has 0 aliphatic heterocycles. The van der Waals surface area contributed by atoms with Gasteiger partial charge >= 0.3 is 11.3 Å². The molecule has 5 aromatic rings. The van der Waals surface area contributed by atoms with Crippen molar-refractivity contribution in [3.63, 3.8) is 0 Å². The Labute approximate surface area is 204 Å². The Balaban J connectivity index is 1.72. The molecule has 0 radical (unpaired) electrons. The second kappa shape index (κ2) is 9.67. The maximum Gasteiger partial charge on any atom is 0.336 e. The van der Waals surface area contributed by atoms with Gasteiger partial charge in [0.25, 0.3) is 5.56 Å². The van der Waals surface area contributed by atoms with Crippen LogP contribution in [0.3, 0.4) is 0 Å². The first-order valence-corrected chi connectivity index (χ1v) is 11.3. The summed E-state index contributed by atoms with van der Waals surface area (Å²) in [6.45, 7) is 0.872. The fraction of sp³-hybridized carbons (Fsp3) is 0.231. The molecular weight excluding hydrogens is 464 g/mol. The van der Waals surface area contributed by atoms with Gasteiger partial charge in [0.05, 0.1) is 33.1 Å². The van der Waals surface area contributed by atoms with Gasteiger partial charge in [-0.2, -0.15) is 0 Å². The van der Waals surface area contributed by atoms with Gasteiger partial charge in [-0.1, -0.05) is 30.3 Å². The standard InChI is InChI=1S/C26H24N4O6/c1-34-11-10-28-16-27-24-23(28)25(32)30(26(33)29(24)14-17-6-4-3-5-7-17)15-18-12-22(31)36-21-13-19(35-2)8-9-20(18)21/h3-9,12-13,16H,10-11,14-15H2,1-2H3. The molecule has 2 aromatic carbocycles. The summed E-state index contributed by atoms with van der Waals surface area (Å²) in [4.78, 5) is 44.0. The van der Waals surface area contributed by atoms with E-state index in [0.29, 0.717) is 41.1 Å². The van der Waals surface area contributed by atoms with Crippen molar-refractivity contribution in [2.75, 3.05) is 20.8 Å². The Morgan fingerprint density at radius 3 is 2.50 bits per heavy atom. The molecule has 0 amide bonds. The number of benzene rings is 2. The SMILES string of the molecule is COCCn1cnc2c1c(=O)n(Cc1cc(=O)oc3cc(OC)ccc13)c(=O)n2Cc1ccccc1. The Hall–Kier alpha value is -4.44. The first-order chi connectivity index (χ1) is 17.5. The molecule has 10 heteroatoms. The van der Waals surface area contributed by atoms with Crippen molar-refractivity contribution in [1.29, 1.82) is 0 Å². The highest BCUT2D eigenvalue weighted by molar-refractivity contribution is 5.81. The van der Waals surface area contributed by atoms with Gasteiger partial charge in [0.15, 0.2) is 11.2 Å². The highest BCUT2D eigenvalue weighted by Gasteiger charge is 2.20. The number of nitrogens with zero attached hydrogens (tertiary/aromatic N) is 4. The monoisotopic (exact) mass is 488 g/mol. The Morgan fingerprint density at radius 2 is 1.75 bits per heavy atom. The summed E-state index contributed by atoms with van der Waals surface area (Å²) in [6.07, 6.45) is 1.54. The maximum atomic E-state index is 13.7. The van der Waals surface area contributed by atoms with Gasteiger partial charge in [0, 0.05) is 31.2 Å². The van der Waals surface area contributed by atoms with E-state index in [1.807, 2.05) is 30.3 Å². The summed E-state index contributed by atoms with van der Waals surface area (Å²) in [7, 11) is 3.09. The van der Waals surface area contributed by atoms with Crippen molar-refractivity contribution in [1.82, 2.24) is 18.7 Å². The summed E-state index contributed by atoms with van der Waals surface area (Å²) in [5.41, 5.74) is 0.647. The number of hydrogen-bond donors (Lipinski definition) is 0. The van der Waals surface area contributed by atoms with Crippen LogP contribution in [0.5, 0.6) is 5.75 Å². The fourth-order valence-electron chi connectivity index (χ4n) is 4.28. The summed E-state index contributed by atoms with van der Waals surface area (Å²) in [5.74, 6) is 0.522. The highest BCUT2D eigenvalue weighted by atomic mass is 16.5. The van der Waals surface area contributed by atoms with E-state index in [-0.39, 0.29) is 18.6 Å². The molecular formula is C26H24N4O6.